The number of halogens is 3. The molecule has 0 saturated heterocycles. The zero-order valence-electron chi connectivity index (χ0n) is 7.10. The Kier molecular flexibility index (Phi) is 2.46. The third kappa shape index (κ3) is 1.39. The molecule has 0 aliphatic carbocycles. The van der Waals surface area contributed by atoms with Gasteiger partial charge in [-0.1, -0.05) is 15.9 Å². The van der Waals surface area contributed by atoms with E-state index >= 15 is 0 Å². The number of pyridine rings is 1. The van der Waals surface area contributed by atoms with Crippen molar-refractivity contribution in [1.82, 2.24) is 4.98 Å². The maximum atomic E-state index is 13.3. The minimum absolute atomic E-state index is 0.349. The van der Waals surface area contributed by atoms with E-state index in [1.807, 2.05) is 0 Å². The van der Waals surface area contributed by atoms with Gasteiger partial charge in [-0.3, -0.25) is 4.98 Å². The number of hydrogen-bond donors (Lipinski definition) is 0. The fourth-order valence-electron chi connectivity index (χ4n) is 1.38. The van der Waals surface area contributed by atoms with Gasteiger partial charge in [-0.05, 0) is 6.07 Å². The van der Waals surface area contributed by atoms with Crippen molar-refractivity contribution in [2.24, 2.45) is 0 Å². The number of benzene rings is 1. The summed E-state index contributed by atoms with van der Waals surface area (Å²) in [4.78, 5) is 3.85. The quantitative estimate of drug-likeness (QED) is 0.714. The van der Waals surface area contributed by atoms with Crippen molar-refractivity contribution in [1.29, 1.82) is 0 Å². The Balaban J connectivity index is 2.90. The molecular formula is C10H6BrF2N. The SMILES string of the molecule is Fc1cc(F)c2ccncc2c1CBr. The fourth-order valence-corrected chi connectivity index (χ4v) is 1.95. The molecule has 0 atom stereocenters. The first-order valence-electron chi connectivity index (χ1n) is 4.00. The van der Waals surface area contributed by atoms with E-state index in [1.54, 1.807) is 0 Å². The minimum Gasteiger partial charge on any atom is -0.264 e. The molecule has 0 aliphatic rings. The van der Waals surface area contributed by atoms with Crippen LogP contribution in [0.2, 0.25) is 0 Å². The van der Waals surface area contributed by atoms with Crippen LogP contribution in [0.1, 0.15) is 5.56 Å². The maximum Gasteiger partial charge on any atom is 0.134 e. The van der Waals surface area contributed by atoms with Crippen molar-refractivity contribution in [2.75, 3.05) is 0 Å². The van der Waals surface area contributed by atoms with Crippen molar-refractivity contribution in [3.63, 3.8) is 0 Å². The van der Waals surface area contributed by atoms with Crippen molar-refractivity contribution >= 4 is 26.7 Å². The molecule has 14 heavy (non-hydrogen) atoms. The molecule has 1 aromatic carbocycles. The fraction of sp³-hybridized carbons (Fsp3) is 0.100. The second-order valence-electron chi connectivity index (χ2n) is 2.87. The van der Waals surface area contributed by atoms with Crippen LogP contribution in [0.4, 0.5) is 8.78 Å². The van der Waals surface area contributed by atoms with Crippen molar-refractivity contribution in [2.45, 2.75) is 5.33 Å². The van der Waals surface area contributed by atoms with Crippen LogP contribution in [0, 0.1) is 11.6 Å². The molecule has 0 unspecified atom stereocenters. The molecule has 0 fully saturated rings. The predicted molar refractivity (Wildman–Crippen MR) is 54.3 cm³/mol. The second-order valence-corrected chi connectivity index (χ2v) is 3.43. The summed E-state index contributed by atoms with van der Waals surface area (Å²) in [7, 11) is 0. The molecule has 2 aromatic rings. The van der Waals surface area contributed by atoms with Gasteiger partial charge in [0.25, 0.3) is 0 Å². The summed E-state index contributed by atoms with van der Waals surface area (Å²) in [6, 6.07) is 2.44. The van der Waals surface area contributed by atoms with Crippen molar-refractivity contribution < 1.29 is 8.78 Å². The maximum absolute atomic E-state index is 13.3. The topological polar surface area (TPSA) is 12.9 Å². The Labute approximate surface area is 87.9 Å². The molecule has 1 heterocycles. The monoisotopic (exact) mass is 257 g/mol. The van der Waals surface area contributed by atoms with E-state index < -0.39 is 11.6 Å². The lowest BCUT2D eigenvalue weighted by Crippen LogP contribution is -1.92. The van der Waals surface area contributed by atoms with Gasteiger partial charge in [0.2, 0.25) is 0 Å². The standard InChI is InChI=1S/C10H6BrF2N/c11-4-7-8-5-14-2-1-6(8)9(12)3-10(7)13/h1-3,5H,4H2. The van der Waals surface area contributed by atoms with Gasteiger partial charge in [-0.2, -0.15) is 0 Å². The smallest absolute Gasteiger partial charge is 0.134 e. The zero-order chi connectivity index (χ0) is 10.1. The molecule has 72 valence electrons. The Bertz CT molecular complexity index is 485. The van der Waals surface area contributed by atoms with E-state index in [0.717, 1.165) is 6.07 Å². The molecule has 0 saturated carbocycles. The van der Waals surface area contributed by atoms with Crippen LogP contribution in [-0.2, 0) is 5.33 Å². The summed E-state index contributed by atoms with van der Waals surface area (Å²) in [5.74, 6) is -1.09. The lowest BCUT2D eigenvalue weighted by atomic mass is 10.1. The molecule has 1 nitrogen and oxygen atoms in total. The van der Waals surface area contributed by atoms with E-state index in [2.05, 4.69) is 20.9 Å². The molecule has 0 radical (unpaired) electrons. The van der Waals surface area contributed by atoms with Gasteiger partial charge in [-0.25, -0.2) is 8.78 Å². The van der Waals surface area contributed by atoms with Gasteiger partial charge in [0.05, 0.1) is 0 Å². The first-order chi connectivity index (χ1) is 6.74. The van der Waals surface area contributed by atoms with Crippen LogP contribution >= 0.6 is 15.9 Å². The second kappa shape index (κ2) is 3.61. The highest BCUT2D eigenvalue weighted by Gasteiger charge is 2.10. The Morgan fingerprint density at radius 3 is 2.71 bits per heavy atom. The number of hydrogen-bond acceptors (Lipinski definition) is 1. The number of rotatable bonds is 1. The summed E-state index contributed by atoms with van der Waals surface area (Å²) in [5, 5.41) is 1.26. The molecule has 0 aliphatic heterocycles. The Hall–Kier alpha value is -1.03. The molecule has 4 heteroatoms. The average Bonchev–Trinajstić information content (AvgIpc) is 2.18. The molecular weight excluding hydrogens is 252 g/mol. The third-order valence-corrected chi connectivity index (χ3v) is 2.64. The lowest BCUT2D eigenvalue weighted by molar-refractivity contribution is 0.585. The van der Waals surface area contributed by atoms with Crippen molar-refractivity contribution in [3.05, 3.63) is 41.7 Å². The first kappa shape index (κ1) is 9.52. The Morgan fingerprint density at radius 1 is 1.21 bits per heavy atom. The van der Waals surface area contributed by atoms with Gasteiger partial charge in [-0.15, -0.1) is 0 Å². The first-order valence-corrected chi connectivity index (χ1v) is 5.12. The van der Waals surface area contributed by atoms with Crippen LogP contribution in [-0.4, -0.2) is 4.98 Å². The van der Waals surface area contributed by atoms with E-state index in [1.165, 1.54) is 18.5 Å². The van der Waals surface area contributed by atoms with Crippen LogP contribution in [0.25, 0.3) is 10.8 Å². The van der Waals surface area contributed by atoms with E-state index in [4.69, 9.17) is 0 Å². The molecule has 0 N–H and O–H groups in total. The van der Waals surface area contributed by atoms with Crippen LogP contribution in [0.15, 0.2) is 24.5 Å². The van der Waals surface area contributed by atoms with E-state index in [-0.39, 0.29) is 0 Å². The Morgan fingerprint density at radius 2 is 2.00 bits per heavy atom. The number of fused-ring (bicyclic) bond motifs is 1. The van der Waals surface area contributed by atoms with E-state index in [9.17, 15) is 8.78 Å². The molecule has 2 rings (SSSR count). The van der Waals surface area contributed by atoms with E-state index in [0.29, 0.717) is 21.7 Å². The zero-order valence-corrected chi connectivity index (χ0v) is 8.68. The summed E-state index contributed by atoms with van der Waals surface area (Å²) < 4.78 is 26.6. The number of alkyl halides is 1. The summed E-state index contributed by atoms with van der Waals surface area (Å²) in [5.41, 5.74) is 0.439. The van der Waals surface area contributed by atoms with Gasteiger partial charge in [0.15, 0.2) is 0 Å². The minimum atomic E-state index is -0.551. The normalized spacial score (nSPS) is 10.8. The summed E-state index contributed by atoms with van der Waals surface area (Å²) >= 11 is 3.16. The van der Waals surface area contributed by atoms with Crippen LogP contribution in [0.5, 0.6) is 0 Å². The molecule has 0 bridgehead atoms. The summed E-state index contributed by atoms with van der Waals surface area (Å²) in [6.45, 7) is 0. The van der Waals surface area contributed by atoms with Crippen LogP contribution in [0.3, 0.4) is 0 Å². The average molecular weight is 258 g/mol. The number of nitrogens with zero attached hydrogens (tertiary/aromatic N) is 1. The highest BCUT2D eigenvalue weighted by Crippen LogP contribution is 2.25. The van der Waals surface area contributed by atoms with Gasteiger partial charge >= 0.3 is 0 Å². The van der Waals surface area contributed by atoms with Gasteiger partial charge < -0.3 is 0 Å². The molecule has 1 aromatic heterocycles. The number of aromatic nitrogens is 1. The van der Waals surface area contributed by atoms with Gasteiger partial charge in [0, 0.05) is 40.1 Å². The lowest BCUT2D eigenvalue weighted by Gasteiger charge is -2.05. The predicted octanol–water partition coefficient (Wildman–Crippen LogP) is 3.41. The third-order valence-electron chi connectivity index (χ3n) is 2.08. The largest absolute Gasteiger partial charge is 0.264 e. The van der Waals surface area contributed by atoms with Crippen molar-refractivity contribution in [3.8, 4) is 0 Å². The highest BCUT2D eigenvalue weighted by molar-refractivity contribution is 9.08. The van der Waals surface area contributed by atoms with Crippen LogP contribution < -0.4 is 0 Å². The summed E-state index contributed by atoms with van der Waals surface area (Å²) in [6.07, 6.45) is 2.96. The molecule has 0 amide bonds. The van der Waals surface area contributed by atoms with Gasteiger partial charge in [0.1, 0.15) is 11.6 Å². The highest BCUT2D eigenvalue weighted by atomic mass is 79.9. The molecule has 0 spiro atoms.